The molecule has 0 unspecified atom stereocenters. The molecule has 0 radical (unpaired) electrons. The van der Waals surface area contributed by atoms with Crippen molar-refractivity contribution in [2.45, 2.75) is 24.2 Å². The van der Waals surface area contributed by atoms with Gasteiger partial charge in [-0.2, -0.15) is 0 Å². The summed E-state index contributed by atoms with van der Waals surface area (Å²) in [6, 6.07) is 6.45. The van der Waals surface area contributed by atoms with E-state index in [0.29, 0.717) is 23.8 Å². The van der Waals surface area contributed by atoms with Crippen molar-refractivity contribution in [2.24, 2.45) is 4.99 Å². The lowest BCUT2D eigenvalue weighted by Gasteiger charge is -2.26. The Bertz CT molecular complexity index is 674. The Morgan fingerprint density at radius 3 is 2.33 bits per heavy atom. The van der Waals surface area contributed by atoms with Gasteiger partial charge in [-0.1, -0.05) is 6.42 Å². The van der Waals surface area contributed by atoms with Crippen LogP contribution in [0.1, 0.15) is 19.3 Å². The number of benzene rings is 1. The highest BCUT2D eigenvalue weighted by molar-refractivity contribution is 14.0. The summed E-state index contributed by atoms with van der Waals surface area (Å²) >= 11 is 0. The predicted octanol–water partition coefficient (Wildman–Crippen LogP) is 1.74. The van der Waals surface area contributed by atoms with Gasteiger partial charge in [-0.25, -0.2) is 8.42 Å². The second-order valence-electron chi connectivity index (χ2n) is 6.42. The molecule has 2 rings (SSSR count). The maximum atomic E-state index is 11.4. The minimum atomic E-state index is -3.17. The average Bonchev–Trinajstić information content (AvgIpc) is 2.64. The number of nitrogens with zero attached hydrogens (tertiary/aromatic N) is 2. The molecule has 0 amide bonds. The zero-order valence-electron chi connectivity index (χ0n) is 16.1. The topological polar surface area (TPSA) is 83.0 Å². The fourth-order valence-electron chi connectivity index (χ4n) is 2.86. The second-order valence-corrected chi connectivity index (χ2v) is 8.44. The second kappa shape index (κ2) is 12.4. The predicted molar refractivity (Wildman–Crippen MR) is 120 cm³/mol. The minimum Gasteiger partial charge on any atom is -0.492 e. The molecule has 0 aromatic heterocycles. The molecule has 9 heteroatoms. The van der Waals surface area contributed by atoms with Gasteiger partial charge in [0.1, 0.15) is 12.4 Å². The van der Waals surface area contributed by atoms with Crippen LogP contribution in [0.3, 0.4) is 0 Å². The summed E-state index contributed by atoms with van der Waals surface area (Å²) in [4.78, 5) is 6.98. The molecule has 0 atom stereocenters. The number of nitrogens with one attached hydrogen (secondary N) is 2. The quantitative estimate of drug-likeness (QED) is 0.240. The van der Waals surface area contributed by atoms with Gasteiger partial charge in [-0.3, -0.25) is 4.99 Å². The van der Waals surface area contributed by atoms with Crippen LogP contribution in [-0.4, -0.2) is 71.9 Å². The summed E-state index contributed by atoms with van der Waals surface area (Å²) in [7, 11) is -1.42. The van der Waals surface area contributed by atoms with Crippen molar-refractivity contribution < 1.29 is 13.2 Å². The van der Waals surface area contributed by atoms with Crippen LogP contribution < -0.4 is 15.4 Å². The number of hydrogen-bond donors (Lipinski definition) is 2. The zero-order valence-corrected chi connectivity index (χ0v) is 19.3. The summed E-state index contributed by atoms with van der Waals surface area (Å²) in [5.74, 6) is 1.41. The van der Waals surface area contributed by atoms with Crippen LogP contribution in [0.5, 0.6) is 5.75 Å². The normalized spacial score (nSPS) is 15.7. The summed E-state index contributed by atoms with van der Waals surface area (Å²) in [6.45, 7) is 5.36. The van der Waals surface area contributed by atoms with Crippen molar-refractivity contribution in [1.82, 2.24) is 15.5 Å². The lowest BCUT2D eigenvalue weighted by atomic mass is 10.1. The third-order valence-corrected chi connectivity index (χ3v) is 5.44. The van der Waals surface area contributed by atoms with E-state index in [1.807, 2.05) is 0 Å². The lowest BCUT2D eigenvalue weighted by Crippen LogP contribution is -2.43. The first-order valence-corrected chi connectivity index (χ1v) is 11.0. The number of guanidine groups is 1. The molecule has 1 aliphatic rings. The van der Waals surface area contributed by atoms with Crippen LogP contribution in [-0.2, 0) is 9.84 Å². The van der Waals surface area contributed by atoms with Crippen LogP contribution in [0.4, 0.5) is 0 Å². The molecule has 0 aliphatic carbocycles. The first kappa shape index (κ1) is 24.0. The van der Waals surface area contributed by atoms with Gasteiger partial charge in [0.25, 0.3) is 0 Å². The molecule has 1 aliphatic heterocycles. The highest BCUT2D eigenvalue weighted by atomic mass is 127. The number of rotatable bonds is 8. The molecule has 154 valence electrons. The van der Waals surface area contributed by atoms with Crippen molar-refractivity contribution in [3.63, 3.8) is 0 Å². The van der Waals surface area contributed by atoms with Gasteiger partial charge in [0.05, 0.1) is 11.4 Å². The van der Waals surface area contributed by atoms with E-state index in [0.717, 1.165) is 19.0 Å². The molecule has 7 nitrogen and oxygen atoms in total. The molecule has 0 saturated carbocycles. The Morgan fingerprint density at radius 1 is 1.11 bits per heavy atom. The molecule has 2 N–H and O–H groups in total. The summed E-state index contributed by atoms with van der Waals surface area (Å²) in [5.41, 5.74) is 0. The summed E-state index contributed by atoms with van der Waals surface area (Å²) in [6.07, 6.45) is 5.14. The van der Waals surface area contributed by atoms with Crippen molar-refractivity contribution in [1.29, 1.82) is 0 Å². The Hall–Kier alpha value is -1.07. The number of sulfone groups is 1. The maximum Gasteiger partial charge on any atom is 0.191 e. The van der Waals surface area contributed by atoms with Gasteiger partial charge < -0.3 is 20.3 Å². The van der Waals surface area contributed by atoms with Gasteiger partial charge in [-0.05, 0) is 50.2 Å². The Morgan fingerprint density at radius 2 is 1.74 bits per heavy atom. The van der Waals surface area contributed by atoms with E-state index in [9.17, 15) is 8.42 Å². The van der Waals surface area contributed by atoms with E-state index in [1.54, 1.807) is 31.3 Å². The number of ether oxygens (including phenoxy) is 1. The SMILES string of the molecule is CN=C(NCCOc1ccc(S(C)(=O)=O)cc1)NCCN1CCCCC1.I. The summed E-state index contributed by atoms with van der Waals surface area (Å²) < 4.78 is 28.5. The largest absolute Gasteiger partial charge is 0.492 e. The van der Waals surface area contributed by atoms with E-state index in [-0.39, 0.29) is 24.0 Å². The Balaban J connectivity index is 0.00000364. The standard InChI is InChI=1S/C18H30N4O3S.HI/c1-19-18(20-10-14-22-12-4-3-5-13-22)21-11-15-25-16-6-8-17(9-7-16)26(2,23)24;/h6-9H,3-5,10-15H2,1-2H3,(H2,19,20,21);1H. The van der Waals surface area contributed by atoms with Gasteiger partial charge >= 0.3 is 0 Å². The molecule has 1 saturated heterocycles. The molecule has 1 heterocycles. The van der Waals surface area contributed by atoms with Gasteiger partial charge in [-0.15, -0.1) is 24.0 Å². The first-order chi connectivity index (χ1) is 12.5. The third-order valence-electron chi connectivity index (χ3n) is 4.31. The zero-order chi connectivity index (χ0) is 18.8. The fourth-order valence-corrected chi connectivity index (χ4v) is 3.49. The van der Waals surface area contributed by atoms with Gasteiger partial charge in [0, 0.05) is 26.4 Å². The van der Waals surface area contributed by atoms with E-state index in [4.69, 9.17) is 4.74 Å². The molecule has 1 fully saturated rings. The van der Waals surface area contributed by atoms with Crippen molar-refractivity contribution >= 4 is 39.8 Å². The lowest BCUT2D eigenvalue weighted by molar-refractivity contribution is 0.232. The number of piperidine rings is 1. The average molecular weight is 510 g/mol. The number of likely N-dealkylation sites (tertiary alicyclic amines) is 1. The van der Waals surface area contributed by atoms with Crippen LogP contribution in [0.15, 0.2) is 34.2 Å². The molecular formula is C18H31IN4O3S. The molecule has 27 heavy (non-hydrogen) atoms. The number of hydrogen-bond acceptors (Lipinski definition) is 5. The van der Waals surface area contributed by atoms with Crippen molar-refractivity contribution in [3.8, 4) is 5.75 Å². The molecule has 1 aromatic rings. The smallest absolute Gasteiger partial charge is 0.191 e. The highest BCUT2D eigenvalue weighted by Gasteiger charge is 2.09. The van der Waals surface area contributed by atoms with Gasteiger partial charge in [0.2, 0.25) is 0 Å². The molecule has 0 spiro atoms. The Labute approximate surface area is 179 Å². The van der Waals surface area contributed by atoms with E-state index < -0.39 is 9.84 Å². The highest BCUT2D eigenvalue weighted by Crippen LogP contribution is 2.15. The monoisotopic (exact) mass is 510 g/mol. The Kier molecular flexibility index (Phi) is 11.0. The third kappa shape index (κ3) is 9.11. The fraction of sp³-hybridized carbons (Fsp3) is 0.611. The maximum absolute atomic E-state index is 11.4. The van der Waals surface area contributed by atoms with Crippen molar-refractivity contribution in [2.75, 3.05) is 52.6 Å². The van der Waals surface area contributed by atoms with E-state index in [1.165, 1.54) is 38.6 Å². The summed E-state index contributed by atoms with van der Waals surface area (Å²) in [5, 5.41) is 6.53. The van der Waals surface area contributed by atoms with Gasteiger partial charge in [0.15, 0.2) is 15.8 Å². The molecule has 1 aromatic carbocycles. The first-order valence-electron chi connectivity index (χ1n) is 9.09. The van der Waals surface area contributed by atoms with Crippen LogP contribution >= 0.6 is 24.0 Å². The number of aliphatic imine (C=N–C) groups is 1. The van der Waals surface area contributed by atoms with Crippen molar-refractivity contribution in [3.05, 3.63) is 24.3 Å². The molecular weight excluding hydrogens is 479 g/mol. The van der Waals surface area contributed by atoms with E-state index >= 15 is 0 Å². The number of halogens is 1. The molecule has 0 bridgehead atoms. The van der Waals surface area contributed by atoms with Crippen LogP contribution in [0.2, 0.25) is 0 Å². The van der Waals surface area contributed by atoms with Crippen LogP contribution in [0, 0.1) is 0 Å². The minimum absolute atomic E-state index is 0. The van der Waals surface area contributed by atoms with E-state index in [2.05, 4.69) is 20.5 Å². The van der Waals surface area contributed by atoms with Crippen LogP contribution in [0.25, 0.3) is 0 Å².